The number of ketones is 1. The van der Waals surface area contributed by atoms with Crippen molar-refractivity contribution < 1.29 is 14.3 Å². The number of benzene rings is 1. The van der Waals surface area contributed by atoms with Gasteiger partial charge in [-0.15, -0.1) is 0 Å². The van der Waals surface area contributed by atoms with E-state index in [9.17, 15) is 14.9 Å². The molecule has 2 N–H and O–H groups in total. The number of nitriles is 1. The molecule has 0 bridgehead atoms. The van der Waals surface area contributed by atoms with E-state index in [1.54, 1.807) is 19.2 Å². The molecule has 0 heterocycles. The minimum Gasteiger partial charge on any atom is -0.441 e. The maximum Gasteiger partial charge on any atom is 0.262 e. The normalized spacial score (nSPS) is 15.9. The van der Waals surface area contributed by atoms with Crippen molar-refractivity contribution in [2.24, 2.45) is 0 Å². The van der Waals surface area contributed by atoms with Gasteiger partial charge in [-0.1, -0.05) is 37.0 Å². The van der Waals surface area contributed by atoms with Crippen LogP contribution in [0.5, 0.6) is 5.75 Å². The minimum atomic E-state index is -0.459. The van der Waals surface area contributed by atoms with Gasteiger partial charge in [0.15, 0.2) is 5.78 Å². The first-order valence-electron chi connectivity index (χ1n) is 9.54. The summed E-state index contributed by atoms with van der Waals surface area (Å²) in [6.45, 7) is 3.34. The van der Waals surface area contributed by atoms with Gasteiger partial charge in [-0.05, 0) is 44.9 Å². The summed E-state index contributed by atoms with van der Waals surface area (Å²) in [5.41, 5.74) is 1.11. The van der Waals surface area contributed by atoms with E-state index >= 15 is 0 Å². The number of ether oxygens (including phenoxy) is 1. The number of aryl methyl sites for hydroxylation is 1. The molecule has 0 spiro atoms. The second kappa shape index (κ2) is 10.3. The van der Waals surface area contributed by atoms with E-state index < -0.39 is 5.91 Å². The Morgan fingerprint density at radius 2 is 1.82 bits per heavy atom. The van der Waals surface area contributed by atoms with Crippen molar-refractivity contribution in [2.75, 3.05) is 7.05 Å². The summed E-state index contributed by atoms with van der Waals surface area (Å²) in [4.78, 5) is 24.7. The molecule has 6 heteroatoms. The zero-order chi connectivity index (χ0) is 20.5. The molecule has 2 rings (SSSR count). The van der Waals surface area contributed by atoms with Gasteiger partial charge in [-0.2, -0.15) is 5.26 Å². The Morgan fingerprint density at radius 1 is 1.18 bits per heavy atom. The average molecular weight is 381 g/mol. The van der Waals surface area contributed by atoms with Gasteiger partial charge in [0, 0.05) is 13.1 Å². The molecule has 0 aromatic heterocycles. The summed E-state index contributed by atoms with van der Waals surface area (Å²) in [5, 5.41) is 15.2. The Morgan fingerprint density at radius 3 is 2.36 bits per heavy atom. The third kappa shape index (κ3) is 5.98. The first-order chi connectivity index (χ1) is 13.4. The van der Waals surface area contributed by atoms with Crippen LogP contribution in [0.25, 0.3) is 0 Å². The molecule has 1 aromatic rings. The summed E-state index contributed by atoms with van der Waals surface area (Å²) in [7, 11) is 1.62. The van der Waals surface area contributed by atoms with Crippen molar-refractivity contribution in [3.63, 3.8) is 0 Å². The number of amides is 1. The van der Waals surface area contributed by atoms with Crippen LogP contribution in [0.2, 0.25) is 0 Å². The molecule has 1 amide bonds. The van der Waals surface area contributed by atoms with Crippen LogP contribution in [0.1, 0.15) is 44.6 Å². The Labute approximate surface area is 166 Å². The van der Waals surface area contributed by atoms with Gasteiger partial charge in [0.1, 0.15) is 17.4 Å². The zero-order valence-corrected chi connectivity index (χ0v) is 16.7. The van der Waals surface area contributed by atoms with Crippen molar-refractivity contribution >= 4 is 11.7 Å². The molecular weight excluding hydrogens is 354 g/mol. The van der Waals surface area contributed by atoms with E-state index in [0.29, 0.717) is 5.75 Å². The molecule has 1 aliphatic rings. The SMILES string of the molecule is CN/C(Oc1ccc(C)cc1)=C(/C=C(\C#N)C(=O)NC1CCCCC1)C(C)=O. The predicted octanol–water partition coefficient (Wildman–Crippen LogP) is 3.29. The van der Waals surface area contributed by atoms with Gasteiger partial charge in [0.05, 0.1) is 5.57 Å². The molecule has 0 atom stereocenters. The number of Topliss-reactive ketones (excluding diaryl/α,β-unsaturated/α-hetero) is 1. The number of carbonyl (C=O) groups excluding carboxylic acids is 2. The molecule has 28 heavy (non-hydrogen) atoms. The smallest absolute Gasteiger partial charge is 0.262 e. The Balaban J connectivity index is 2.28. The average Bonchev–Trinajstić information content (AvgIpc) is 2.69. The number of hydrogen-bond donors (Lipinski definition) is 2. The molecule has 1 saturated carbocycles. The fraction of sp³-hybridized carbons (Fsp3) is 0.409. The van der Waals surface area contributed by atoms with Crippen molar-refractivity contribution in [1.29, 1.82) is 5.26 Å². The number of nitrogens with zero attached hydrogens (tertiary/aromatic N) is 1. The monoisotopic (exact) mass is 381 g/mol. The molecule has 0 unspecified atom stereocenters. The second-order valence-electron chi connectivity index (χ2n) is 6.94. The summed E-state index contributed by atoms with van der Waals surface area (Å²) in [6, 6.07) is 9.35. The quantitative estimate of drug-likeness (QED) is 0.327. The topological polar surface area (TPSA) is 91.2 Å². The number of rotatable bonds is 7. The predicted molar refractivity (Wildman–Crippen MR) is 107 cm³/mol. The lowest BCUT2D eigenvalue weighted by molar-refractivity contribution is -0.118. The van der Waals surface area contributed by atoms with Crippen LogP contribution in [-0.4, -0.2) is 24.8 Å². The van der Waals surface area contributed by atoms with Crippen LogP contribution in [0.15, 0.2) is 47.4 Å². The highest BCUT2D eigenvalue weighted by Gasteiger charge is 2.20. The number of carbonyl (C=O) groups is 2. The summed E-state index contributed by atoms with van der Waals surface area (Å²) in [5.74, 6) is -0.0320. The van der Waals surface area contributed by atoms with Crippen LogP contribution in [-0.2, 0) is 9.59 Å². The fourth-order valence-corrected chi connectivity index (χ4v) is 3.09. The van der Waals surface area contributed by atoms with Crippen molar-refractivity contribution in [2.45, 2.75) is 52.0 Å². The summed E-state index contributed by atoms with van der Waals surface area (Å²) < 4.78 is 5.78. The third-order valence-corrected chi connectivity index (χ3v) is 4.69. The van der Waals surface area contributed by atoms with Crippen LogP contribution in [0.4, 0.5) is 0 Å². The number of allylic oxidation sites excluding steroid dienone is 2. The highest BCUT2D eigenvalue weighted by atomic mass is 16.5. The maximum absolute atomic E-state index is 12.5. The van der Waals surface area contributed by atoms with Gasteiger partial charge in [-0.3, -0.25) is 9.59 Å². The van der Waals surface area contributed by atoms with E-state index in [1.807, 2.05) is 25.1 Å². The van der Waals surface area contributed by atoms with Crippen LogP contribution >= 0.6 is 0 Å². The molecule has 0 aliphatic heterocycles. The molecule has 6 nitrogen and oxygen atoms in total. The van der Waals surface area contributed by atoms with E-state index in [0.717, 1.165) is 31.2 Å². The van der Waals surface area contributed by atoms with Crippen molar-refractivity contribution in [3.8, 4) is 11.8 Å². The van der Waals surface area contributed by atoms with Crippen LogP contribution in [0, 0.1) is 18.3 Å². The van der Waals surface area contributed by atoms with Crippen molar-refractivity contribution in [1.82, 2.24) is 10.6 Å². The highest BCUT2D eigenvalue weighted by Crippen LogP contribution is 2.19. The van der Waals surface area contributed by atoms with Gasteiger partial charge in [-0.25, -0.2) is 0 Å². The van der Waals surface area contributed by atoms with Gasteiger partial charge < -0.3 is 15.4 Å². The number of hydrogen-bond acceptors (Lipinski definition) is 5. The maximum atomic E-state index is 12.5. The molecule has 1 fully saturated rings. The van der Waals surface area contributed by atoms with Crippen LogP contribution < -0.4 is 15.4 Å². The molecule has 1 aliphatic carbocycles. The lowest BCUT2D eigenvalue weighted by atomic mass is 9.95. The summed E-state index contributed by atoms with van der Waals surface area (Å²) in [6.07, 6.45) is 6.44. The number of nitrogens with one attached hydrogen (secondary N) is 2. The van der Waals surface area contributed by atoms with E-state index in [1.165, 1.54) is 19.4 Å². The van der Waals surface area contributed by atoms with E-state index in [4.69, 9.17) is 4.74 Å². The molecule has 148 valence electrons. The van der Waals surface area contributed by atoms with Crippen LogP contribution in [0.3, 0.4) is 0 Å². The Bertz CT molecular complexity index is 810. The third-order valence-electron chi connectivity index (χ3n) is 4.69. The first-order valence-corrected chi connectivity index (χ1v) is 9.54. The second-order valence-corrected chi connectivity index (χ2v) is 6.94. The fourth-order valence-electron chi connectivity index (χ4n) is 3.09. The highest BCUT2D eigenvalue weighted by molar-refractivity contribution is 6.03. The molecule has 0 saturated heterocycles. The van der Waals surface area contributed by atoms with Gasteiger partial charge in [0.25, 0.3) is 5.91 Å². The lowest BCUT2D eigenvalue weighted by Crippen LogP contribution is -2.37. The standard InChI is InChI=1S/C22H27N3O3/c1-15-9-11-19(12-10-15)28-22(24-3)20(16(2)26)13-17(14-23)21(27)25-18-7-5-4-6-8-18/h9-13,18,24H,4-8H2,1-3H3,(H,25,27)/b17-13+,22-20+. The summed E-state index contributed by atoms with van der Waals surface area (Å²) >= 11 is 0. The largest absolute Gasteiger partial charge is 0.441 e. The van der Waals surface area contributed by atoms with E-state index in [2.05, 4.69) is 10.6 Å². The Kier molecular flexibility index (Phi) is 7.82. The lowest BCUT2D eigenvalue weighted by Gasteiger charge is -2.22. The zero-order valence-electron chi connectivity index (χ0n) is 16.7. The molecule has 1 aromatic carbocycles. The molecular formula is C22H27N3O3. The van der Waals surface area contributed by atoms with Gasteiger partial charge >= 0.3 is 0 Å². The Hall–Kier alpha value is -3.07. The first kappa shape index (κ1) is 21.2. The van der Waals surface area contributed by atoms with Gasteiger partial charge in [0.2, 0.25) is 5.88 Å². The minimum absolute atomic E-state index is 0.0790. The van der Waals surface area contributed by atoms with E-state index in [-0.39, 0.29) is 28.9 Å². The van der Waals surface area contributed by atoms with Crippen molar-refractivity contribution in [3.05, 3.63) is 52.9 Å². The molecule has 0 radical (unpaired) electrons.